The Morgan fingerprint density at radius 2 is 1.93 bits per heavy atom. The van der Waals surface area contributed by atoms with Gasteiger partial charge in [-0.3, -0.25) is 9.69 Å². The first kappa shape index (κ1) is 18.8. The summed E-state index contributed by atoms with van der Waals surface area (Å²) in [7, 11) is 0. The van der Waals surface area contributed by atoms with Gasteiger partial charge < -0.3 is 10.8 Å². The molecule has 4 nitrogen and oxygen atoms in total. The number of rotatable bonds is 5. The molecular formula is C25H29N2O2. The van der Waals surface area contributed by atoms with Crippen LogP contribution in [-0.4, -0.2) is 41.1 Å². The number of likely N-dealkylation sites (tertiary alicyclic amines) is 1. The predicted octanol–water partition coefficient (Wildman–Crippen LogP) is 2.72. The molecule has 2 aromatic carbocycles. The second-order valence-electron chi connectivity index (χ2n) is 9.33. The lowest BCUT2D eigenvalue weighted by atomic mass is 9.80. The monoisotopic (exact) mass is 389 g/mol. The summed E-state index contributed by atoms with van der Waals surface area (Å²) in [5.41, 5.74) is 9.36. The van der Waals surface area contributed by atoms with E-state index in [4.69, 9.17) is 5.73 Å². The van der Waals surface area contributed by atoms with Gasteiger partial charge >= 0.3 is 0 Å². The summed E-state index contributed by atoms with van der Waals surface area (Å²) < 4.78 is 0. The molecule has 2 fully saturated rings. The molecule has 3 atom stereocenters. The van der Waals surface area contributed by atoms with Crippen molar-refractivity contribution < 1.29 is 9.90 Å². The maximum absolute atomic E-state index is 11.4. The van der Waals surface area contributed by atoms with Gasteiger partial charge in [0.15, 0.2) is 0 Å². The van der Waals surface area contributed by atoms with Gasteiger partial charge in [-0.05, 0) is 66.0 Å². The number of hydrogen-bond acceptors (Lipinski definition) is 3. The van der Waals surface area contributed by atoms with Crippen molar-refractivity contribution in [1.82, 2.24) is 4.90 Å². The van der Waals surface area contributed by atoms with Gasteiger partial charge in [-0.15, -0.1) is 0 Å². The Morgan fingerprint density at radius 3 is 2.55 bits per heavy atom. The minimum atomic E-state index is -0.616. The van der Waals surface area contributed by atoms with E-state index in [2.05, 4.69) is 42.2 Å². The highest BCUT2D eigenvalue weighted by molar-refractivity contribution is 5.92. The van der Waals surface area contributed by atoms with Gasteiger partial charge in [0.25, 0.3) is 0 Å². The summed E-state index contributed by atoms with van der Waals surface area (Å²) in [4.78, 5) is 13.8. The molecule has 2 aliphatic carbocycles. The SMILES string of the molecule is CCC1(c2[c]cc(C(N)=O)cc2)C2CN(CC3(O)CCc4ccccc4C3)CC21. The smallest absolute Gasteiger partial charge is 0.248 e. The number of nitrogens with two attached hydrogens (primary N) is 1. The minimum absolute atomic E-state index is 0.175. The Hall–Kier alpha value is -2.17. The molecule has 0 aromatic heterocycles. The van der Waals surface area contributed by atoms with E-state index in [1.807, 2.05) is 12.1 Å². The molecule has 3 unspecified atom stereocenters. The van der Waals surface area contributed by atoms with Crippen LogP contribution in [0.25, 0.3) is 0 Å². The topological polar surface area (TPSA) is 66.6 Å². The number of hydrogen-bond donors (Lipinski definition) is 2. The standard InChI is InChI=1S/C25H29N2O2/c1-2-25(20-9-7-18(8-10-20)23(26)28)21-14-27(15-22(21)25)16-24(29)12-11-17-5-3-4-6-19(17)13-24/h3-9,21-22,29H,2,11-16H2,1H3,(H2,26,28). The number of nitrogens with zero attached hydrogens (tertiary/aromatic N) is 1. The third-order valence-corrected chi connectivity index (χ3v) is 7.81. The van der Waals surface area contributed by atoms with Crippen LogP contribution in [0.5, 0.6) is 0 Å². The molecule has 29 heavy (non-hydrogen) atoms. The van der Waals surface area contributed by atoms with E-state index in [1.165, 1.54) is 16.7 Å². The normalized spacial score (nSPS) is 33.2. The van der Waals surface area contributed by atoms with Crippen molar-refractivity contribution in [2.75, 3.05) is 19.6 Å². The van der Waals surface area contributed by atoms with Crippen molar-refractivity contribution in [3.63, 3.8) is 0 Å². The number of piperidine rings is 1. The van der Waals surface area contributed by atoms with Crippen LogP contribution in [0.2, 0.25) is 0 Å². The Bertz CT molecular complexity index is 926. The summed E-state index contributed by atoms with van der Waals surface area (Å²) in [6, 6.07) is 17.5. The number of benzene rings is 2. The molecule has 1 saturated carbocycles. The maximum atomic E-state index is 11.4. The van der Waals surface area contributed by atoms with Gasteiger partial charge in [0.2, 0.25) is 5.91 Å². The molecule has 1 heterocycles. The largest absolute Gasteiger partial charge is 0.388 e. The summed E-state index contributed by atoms with van der Waals surface area (Å²) in [5, 5.41) is 11.3. The van der Waals surface area contributed by atoms with Crippen molar-refractivity contribution in [2.24, 2.45) is 17.6 Å². The van der Waals surface area contributed by atoms with Crippen LogP contribution in [0, 0.1) is 17.9 Å². The number of carbonyl (C=O) groups is 1. The first-order valence-electron chi connectivity index (χ1n) is 10.8. The summed E-state index contributed by atoms with van der Waals surface area (Å²) in [6.07, 6.45) is 3.65. The number of fused-ring (bicyclic) bond motifs is 2. The lowest BCUT2D eigenvalue weighted by molar-refractivity contribution is -0.00666. The van der Waals surface area contributed by atoms with Crippen molar-refractivity contribution in [2.45, 2.75) is 43.6 Å². The highest BCUT2D eigenvalue weighted by atomic mass is 16.3. The first-order chi connectivity index (χ1) is 13.9. The molecule has 0 bridgehead atoms. The van der Waals surface area contributed by atoms with Gasteiger partial charge in [0, 0.05) is 37.0 Å². The number of aryl methyl sites for hydroxylation is 1. The molecule has 3 N–H and O–H groups in total. The lowest BCUT2D eigenvalue weighted by Gasteiger charge is -2.38. The zero-order chi connectivity index (χ0) is 20.2. The molecule has 3 aliphatic rings. The van der Waals surface area contributed by atoms with Gasteiger partial charge in [-0.25, -0.2) is 0 Å². The fourth-order valence-corrected chi connectivity index (χ4v) is 6.26. The van der Waals surface area contributed by atoms with Crippen LogP contribution in [0.15, 0.2) is 42.5 Å². The van der Waals surface area contributed by atoms with Crippen molar-refractivity contribution in [3.8, 4) is 0 Å². The van der Waals surface area contributed by atoms with E-state index < -0.39 is 11.5 Å². The summed E-state index contributed by atoms with van der Waals surface area (Å²) in [6.45, 7) is 5.09. The van der Waals surface area contributed by atoms with E-state index in [-0.39, 0.29) is 5.41 Å². The van der Waals surface area contributed by atoms with E-state index in [9.17, 15) is 9.90 Å². The summed E-state index contributed by atoms with van der Waals surface area (Å²) in [5.74, 6) is 0.827. The minimum Gasteiger partial charge on any atom is -0.388 e. The molecule has 1 amide bonds. The summed E-state index contributed by atoms with van der Waals surface area (Å²) >= 11 is 0. The molecule has 4 heteroatoms. The number of aliphatic hydroxyl groups is 1. The van der Waals surface area contributed by atoms with Crippen molar-refractivity contribution in [1.29, 1.82) is 0 Å². The fourth-order valence-electron chi connectivity index (χ4n) is 6.26. The highest BCUT2D eigenvalue weighted by Gasteiger charge is 2.67. The van der Waals surface area contributed by atoms with Crippen LogP contribution in [-0.2, 0) is 18.3 Å². The van der Waals surface area contributed by atoms with Crippen LogP contribution >= 0.6 is 0 Å². The third-order valence-electron chi connectivity index (χ3n) is 7.81. The Balaban J connectivity index is 1.26. The number of amides is 1. The van der Waals surface area contributed by atoms with Gasteiger partial charge in [-0.1, -0.05) is 37.3 Å². The molecule has 1 aliphatic heterocycles. The maximum Gasteiger partial charge on any atom is 0.248 e. The zero-order valence-corrected chi connectivity index (χ0v) is 17.0. The van der Waals surface area contributed by atoms with Crippen LogP contribution < -0.4 is 5.73 Å². The lowest BCUT2D eigenvalue weighted by Crippen LogP contribution is -2.47. The third kappa shape index (κ3) is 3.01. The van der Waals surface area contributed by atoms with Gasteiger partial charge in [-0.2, -0.15) is 0 Å². The second-order valence-corrected chi connectivity index (χ2v) is 9.33. The Kier molecular flexibility index (Phi) is 4.34. The van der Waals surface area contributed by atoms with E-state index >= 15 is 0 Å². The molecule has 1 radical (unpaired) electrons. The van der Waals surface area contributed by atoms with Crippen LogP contribution in [0.1, 0.15) is 46.8 Å². The quantitative estimate of drug-likeness (QED) is 0.826. The number of carbonyl (C=O) groups excluding carboxylic acids is 1. The molecule has 0 spiro atoms. The average molecular weight is 390 g/mol. The highest BCUT2D eigenvalue weighted by Crippen LogP contribution is 2.65. The van der Waals surface area contributed by atoms with Crippen LogP contribution in [0.3, 0.4) is 0 Å². The van der Waals surface area contributed by atoms with Gasteiger partial charge in [0.05, 0.1) is 5.60 Å². The average Bonchev–Trinajstić information content (AvgIpc) is 3.11. The molecular weight excluding hydrogens is 360 g/mol. The molecule has 2 aromatic rings. The number of primary amides is 1. The van der Waals surface area contributed by atoms with Crippen molar-refractivity contribution >= 4 is 5.91 Å². The molecule has 1 saturated heterocycles. The molecule has 151 valence electrons. The molecule has 5 rings (SSSR count). The Labute approximate surface area is 172 Å². The second kappa shape index (κ2) is 6.68. The Morgan fingerprint density at radius 1 is 1.21 bits per heavy atom. The van der Waals surface area contributed by atoms with E-state index in [1.54, 1.807) is 6.07 Å². The van der Waals surface area contributed by atoms with E-state index in [0.29, 0.717) is 17.4 Å². The van der Waals surface area contributed by atoms with Crippen molar-refractivity contribution in [3.05, 3.63) is 70.8 Å². The predicted molar refractivity (Wildman–Crippen MR) is 113 cm³/mol. The zero-order valence-electron chi connectivity index (χ0n) is 17.0. The van der Waals surface area contributed by atoms with E-state index in [0.717, 1.165) is 45.3 Å². The number of β-amino-alcohol motifs (C(OH)–C–C–N with tert-alkyl or cyclic N) is 1. The fraction of sp³-hybridized carbons (Fsp3) is 0.480. The van der Waals surface area contributed by atoms with Crippen LogP contribution in [0.4, 0.5) is 0 Å². The first-order valence-corrected chi connectivity index (χ1v) is 10.8. The van der Waals surface area contributed by atoms with Gasteiger partial charge in [0.1, 0.15) is 0 Å².